The second-order valence-corrected chi connectivity index (χ2v) is 6.28. The second kappa shape index (κ2) is 7.56. The summed E-state index contributed by atoms with van der Waals surface area (Å²) in [6.07, 6.45) is 5.17. The molecule has 1 aromatic rings. The van der Waals surface area contributed by atoms with Gasteiger partial charge in [0.15, 0.2) is 0 Å². The van der Waals surface area contributed by atoms with Crippen molar-refractivity contribution in [3.63, 3.8) is 0 Å². The minimum atomic E-state index is 0.790. The molecule has 20 heavy (non-hydrogen) atoms. The first-order valence-corrected chi connectivity index (χ1v) is 8.31. The van der Waals surface area contributed by atoms with E-state index in [2.05, 4.69) is 55.3 Å². The highest BCUT2D eigenvalue weighted by atomic mass is 15.1. The minimum absolute atomic E-state index is 0.790. The molecule has 1 saturated heterocycles. The van der Waals surface area contributed by atoms with E-state index in [0.29, 0.717) is 0 Å². The summed E-state index contributed by atoms with van der Waals surface area (Å²) >= 11 is 0. The van der Waals surface area contributed by atoms with E-state index in [0.717, 1.165) is 18.4 Å². The minimum Gasteiger partial charge on any atom is -0.385 e. The Balaban J connectivity index is 1.86. The van der Waals surface area contributed by atoms with Crippen molar-refractivity contribution in [1.82, 2.24) is 0 Å². The number of hydrogen-bond donors (Lipinski definition) is 1. The van der Waals surface area contributed by atoms with Crippen molar-refractivity contribution in [2.45, 2.75) is 46.5 Å². The first-order valence-electron chi connectivity index (χ1n) is 8.31. The first-order chi connectivity index (χ1) is 9.72. The normalized spacial score (nSPS) is 16.7. The number of anilines is 2. The Morgan fingerprint density at radius 2 is 1.70 bits per heavy atom. The number of hydrogen-bond acceptors (Lipinski definition) is 2. The molecule has 2 rings (SSSR count). The predicted molar refractivity (Wildman–Crippen MR) is 89.6 cm³/mol. The smallest absolute Gasteiger partial charge is 0.0367 e. The van der Waals surface area contributed by atoms with E-state index in [1.165, 1.54) is 50.1 Å². The van der Waals surface area contributed by atoms with E-state index < -0.39 is 0 Å². The average Bonchev–Trinajstić information content (AvgIpc) is 2.50. The molecule has 0 amide bonds. The summed E-state index contributed by atoms with van der Waals surface area (Å²) in [5.74, 6) is 1.69. The highest BCUT2D eigenvalue weighted by Gasteiger charge is 2.15. The SMILES string of the molecule is CCC(CC)CNc1ccc(N2CCC(C)CC2)cc1. The van der Waals surface area contributed by atoms with Crippen molar-refractivity contribution >= 4 is 11.4 Å². The van der Waals surface area contributed by atoms with E-state index in [9.17, 15) is 0 Å². The van der Waals surface area contributed by atoms with E-state index in [1.54, 1.807) is 0 Å². The fraction of sp³-hybridized carbons (Fsp3) is 0.667. The van der Waals surface area contributed by atoms with Crippen LogP contribution in [0.3, 0.4) is 0 Å². The van der Waals surface area contributed by atoms with Crippen LogP contribution in [-0.2, 0) is 0 Å². The van der Waals surface area contributed by atoms with Gasteiger partial charge >= 0.3 is 0 Å². The topological polar surface area (TPSA) is 15.3 Å². The zero-order valence-corrected chi connectivity index (χ0v) is 13.4. The third kappa shape index (κ3) is 4.16. The van der Waals surface area contributed by atoms with Crippen LogP contribution in [-0.4, -0.2) is 19.6 Å². The summed E-state index contributed by atoms with van der Waals surface area (Å²) in [5.41, 5.74) is 2.64. The lowest BCUT2D eigenvalue weighted by Crippen LogP contribution is -2.32. The van der Waals surface area contributed by atoms with Gasteiger partial charge in [0.05, 0.1) is 0 Å². The Morgan fingerprint density at radius 1 is 1.10 bits per heavy atom. The van der Waals surface area contributed by atoms with Gasteiger partial charge in [0, 0.05) is 31.0 Å². The molecule has 1 heterocycles. The van der Waals surface area contributed by atoms with Gasteiger partial charge in [0.25, 0.3) is 0 Å². The second-order valence-electron chi connectivity index (χ2n) is 6.28. The fourth-order valence-corrected chi connectivity index (χ4v) is 2.90. The van der Waals surface area contributed by atoms with Crippen LogP contribution in [0, 0.1) is 11.8 Å². The molecule has 0 atom stereocenters. The molecule has 1 fully saturated rings. The Kier molecular flexibility index (Phi) is 5.75. The van der Waals surface area contributed by atoms with Gasteiger partial charge in [-0.2, -0.15) is 0 Å². The van der Waals surface area contributed by atoms with E-state index in [1.807, 2.05) is 0 Å². The van der Waals surface area contributed by atoms with Crippen LogP contribution in [0.15, 0.2) is 24.3 Å². The van der Waals surface area contributed by atoms with Crippen LogP contribution < -0.4 is 10.2 Å². The van der Waals surface area contributed by atoms with Crippen LogP contribution >= 0.6 is 0 Å². The van der Waals surface area contributed by atoms with Crippen LogP contribution in [0.25, 0.3) is 0 Å². The number of piperidine rings is 1. The van der Waals surface area contributed by atoms with Crippen molar-refractivity contribution in [2.75, 3.05) is 29.9 Å². The summed E-state index contributed by atoms with van der Waals surface area (Å²) in [7, 11) is 0. The highest BCUT2D eigenvalue weighted by Crippen LogP contribution is 2.24. The van der Waals surface area contributed by atoms with Crippen molar-refractivity contribution in [3.05, 3.63) is 24.3 Å². The largest absolute Gasteiger partial charge is 0.385 e. The predicted octanol–water partition coefficient (Wildman–Crippen LogP) is 4.77. The monoisotopic (exact) mass is 274 g/mol. The molecular weight excluding hydrogens is 244 g/mol. The molecule has 1 aliphatic rings. The lowest BCUT2D eigenvalue weighted by atomic mass is 9.99. The molecule has 2 heteroatoms. The van der Waals surface area contributed by atoms with Crippen LogP contribution in [0.5, 0.6) is 0 Å². The number of nitrogens with one attached hydrogen (secondary N) is 1. The summed E-state index contributed by atoms with van der Waals surface area (Å²) in [5, 5.41) is 3.57. The highest BCUT2D eigenvalue weighted by molar-refractivity contribution is 5.55. The summed E-state index contributed by atoms with van der Waals surface area (Å²) in [6.45, 7) is 10.4. The molecule has 2 nitrogen and oxygen atoms in total. The van der Waals surface area contributed by atoms with E-state index in [-0.39, 0.29) is 0 Å². The van der Waals surface area contributed by atoms with Crippen LogP contribution in [0.4, 0.5) is 11.4 Å². The van der Waals surface area contributed by atoms with Gasteiger partial charge in [0.2, 0.25) is 0 Å². The number of nitrogens with zero attached hydrogens (tertiary/aromatic N) is 1. The molecule has 0 radical (unpaired) electrons. The van der Waals surface area contributed by atoms with Crippen molar-refractivity contribution in [2.24, 2.45) is 11.8 Å². The standard InChI is InChI=1S/C18H30N2/c1-4-16(5-2)14-19-17-6-8-18(9-7-17)20-12-10-15(3)11-13-20/h6-9,15-16,19H,4-5,10-14H2,1-3H3. The Labute approximate surface area is 124 Å². The molecule has 1 aliphatic heterocycles. The van der Waals surface area contributed by atoms with Crippen molar-refractivity contribution in [3.8, 4) is 0 Å². The summed E-state index contributed by atoms with van der Waals surface area (Å²) in [6, 6.07) is 9.00. The Morgan fingerprint density at radius 3 is 2.25 bits per heavy atom. The third-order valence-electron chi connectivity index (χ3n) is 4.77. The Bertz CT molecular complexity index is 373. The molecule has 0 bridgehead atoms. The molecule has 1 aromatic carbocycles. The first kappa shape index (κ1) is 15.2. The Hall–Kier alpha value is -1.18. The molecule has 0 unspecified atom stereocenters. The molecule has 112 valence electrons. The fourth-order valence-electron chi connectivity index (χ4n) is 2.90. The number of benzene rings is 1. The van der Waals surface area contributed by atoms with Gasteiger partial charge in [-0.15, -0.1) is 0 Å². The van der Waals surface area contributed by atoms with Crippen molar-refractivity contribution in [1.29, 1.82) is 0 Å². The van der Waals surface area contributed by atoms with E-state index >= 15 is 0 Å². The van der Waals surface area contributed by atoms with Crippen LogP contribution in [0.1, 0.15) is 46.5 Å². The lowest BCUT2D eigenvalue weighted by Gasteiger charge is -2.32. The maximum absolute atomic E-state index is 3.57. The summed E-state index contributed by atoms with van der Waals surface area (Å²) < 4.78 is 0. The molecule has 0 spiro atoms. The maximum atomic E-state index is 3.57. The molecule has 0 aromatic heterocycles. The quantitative estimate of drug-likeness (QED) is 0.803. The third-order valence-corrected chi connectivity index (χ3v) is 4.77. The molecular formula is C18H30N2. The van der Waals surface area contributed by atoms with Crippen molar-refractivity contribution < 1.29 is 0 Å². The van der Waals surface area contributed by atoms with Gasteiger partial charge in [-0.05, 0) is 48.9 Å². The molecule has 1 N–H and O–H groups in total. The van der Waals surface area contributed by atoms with E-state index in [4.69, 9.17) is 0 Å². The van der Waals surface area contributed by atoms with Crippen LogP contribution in [0.2, 0.25) is 0 Å². The summed E-state index contributed by atoms with van der Waals surface area (Å²) in [4.78, 5) is 2.52. The average molecular weight is 274 g/mol. The lowest BCUT2D eigenvalue weighted by molar-refractivity contribution is 0.438. The van der Waals surface area contributed by atoms with Gasteiger partial charge in [-0.1, -0.05) is 33.6 Å². The van der Waals surface area contributed by atoms with Gasteiger partial charge in [-0.25, -0.2) is 0 Å². The zero-order valence-electron chi connectivity index (χ0n) is 13.4. The molecule has 0 aliphatic carbocycles. The van der Waals surface area contributed by atoms with Gasteiger partial charge < -0.3 is 10.2 Å². The van der Waals surface area contributed by atoms with Gasteiger partial charge in [-0.3, -0.25) is 0 Å². The number of rotatable bonds is 6. The maximum Gasteiger partial charge on any atom is 0.0367 e. The molecule has 0 saturated carbocycles. The van der Waals surface area contributed by atoms with Gasteiger partial charge in [0.1, 0.15) is 0 Å². The zero-order chi connectivity index (χ0) is 14.4.